The van der Waals surface area contributed by atoms with E-state index in [9.17, 15) is 14.7 Å². The molecule has 0 aliphatic heterocycles. The molecule has 0 N–H and O–H groups in total. The van der Waals surface area contributed by atoms with Crippen molar-refractivity contribution in [3.63, 3.8) is 0 Å². The lowest BCUT2D eigenvalue weighted by Gasteiger charge is -2.16. The molecular formula is C16H19O4-. The number of ether oxygens (including phenoxy) is 1. The highest BCUT2D eigenvalue weighted by molar-refractivity contribution is 6.16. The average Bonchev–Trinajstić information content (AvgIpc) is 2.40. The van der Waals surface area contributed by atoms with Crippen LogP contribution in [0.15, 0.2) is 41.7 Å². The molecule has 0 spiro atoms. The van der Waals surface area contributed by atoms with E-state index in [0.717, 1.165) is 12.0 Å². The van der Waals surface area contributed by atoms with Gasteiger partial charge in [0.1, 0.15) is 0 Å². The zero-order valence-electron chi connectivity index (χ0n) is 11.8. The molecule has 1 aromatic rings. The third-order valence-electron chi connectivity index (χ3n) is 2.82. The van der Waals surface area contributed by atoms with Gasteiger partial charge in [0.2, 0.25) is 0 Å². The van der Waals surface area contributed by atoms with Gasteiger partial charge in [0, 0.05) is 0 Å². The van der Waals surface area contributed by atoms with Gasteiger partial charge in [-0.3, -0.25) is 4.79 Å². The maximum atomic E-state index is 11.9. The number of aryl methyl sites for hydroxylation is 1. The number of carbonyl (C=O) groups is 2. The van der Waals surface area contributed by atoms with E-state index in [-0.39, 0.29) is 18.6 Å². The highest BCUT2D eigenvalue weighted by Crippen LogP contribution is 2.12. The molecule has 1 aromatic carbocycles. The first-order chi connectivity index (χ1) is 9.56. The SMILES string of the molecule is CCOC(=O)/C(C(C)=O)=C(/[O-])CCCc1ccccc1. The average molecular weight is 275 g/mol. The van der Waals surface area contributed by atoms with Crippen LogP contribution in [0.3, 0.4) is 0 Å². The molecule has 0 fully saturated rings. The molecule has 0 heterocycles. The van der Waals surface area contributed by atoms with Gasteiger partial charge in [-0.25, -0.2) is 4.79 Å². The Morgan fingerprint density at radius 1 is 1.20 bits per heavy atom. The van der Waals surface area contributed by atoms with Gasteiger partial charge in [0.15, 0.2) is 5.78 Å². The fraction of sp³-hybridized carbons (Fsp3) is 0.375. The molecule has 0 saturated heterocycles. The van der Waals surface area contributed by atoms with Crippen molar-refractivity contribution in [2.24, 2.45) is 0 Å². The molecule has 4 heteroatoms. The van der Waals surface area contributed by atoms with Gasteiger partial charge >= 0.3 is 5.97 Å². The predicted octanol–water partition coefficient (Wildman–Crippen LogP) is 1.78. The second-order valence-corrected chi connectivity index (χ2v) is 4.41. The van der Waals surface area contributed by atoms with Crippen LogP contribution >= 0.6 is 0 Å². The Kier molecular flexibility index (Phi) is 6.50. The predicted molar refractivity (Wildman–Crippen MR) is 73.7 cm³/mol. The lowest BCUT2D eigenvalue weighted by molar-refractivity contribution is -0.308. The number of hydrogen-bond donors (Lipinski definition) is 0. The molecule has 20 heavy (non-hydrogen) atoms. The molecule has 0 aliphatic carbocycles. The third-order valence-corrected chi connectivity index (χ3v) is 2.82. The van der Waals surface area contributed by atoms with Crippen molar-refractivity contribution >= 4 is 11.8 Å². The summed E-state index contributed by atoms with van der Waals surface area (Å²) in [6.45, 7) is 2.99. The Morgan fingerprint density at radius 2 is 1.85 bits per heavy atom. The van der Waals surface area contributed by atoms with Crippen molar-refractivity contribution in [3.8, 4) is 0 Å². The van der Waals surface area contributed by atoms with Crippen molar-refractivity contribution in [3.05, 3.63) is 47.2 Å². The first-order valence-electron chi connectivity index (χ1n) is 6.68. The van der Waals surface area contributed by atoms with E-state index >= 15 is 0 Å². The van der Waals surface area contributed by atoms with Gasteiger partial charge in [-0.15, -0.1) is 5.76 Å². The number of allylic oxidation sites excluding steroid dienone is 1. The monoisotopic (exact) mass is 275 g/mol. The van der Waals surface area contributed by atoms with E-state index in [0.29, 0.717) is 6.42 Å². The van der Waals surface area contributed by atoms with E-state index in [1.54, 1.807) is 6.92 Å². The summed E-state index contributed by atoms with van der Waals surface area (Å²) in [6, 6.07) is 9.75. The van der Waals surface area contributed by atoms with E-state index < -0.39 is 17.5 Å². The normalized spacial score (nSPS) is 11.7. The van der Waals surface area contributed by atoms with Crippen molar-refractivity contribution in [2.75, 3.05) is 6.61 Å². The summed E-state index contributed by atoms with van der Waals surface area (Å²) in [5.74, 6) is -1.79. The minimum atomic E-state index is -0.815. The lowest BCUT2D eigenvalue weighted by Crippen LogP contribution is -2.21. The van der Waals surface area contributed by atoms with Gasteiger partial charge in [0.25, 0.3) is 0 Å². The van der Waals surface area contributed by atoms with Crippen LogP contribution in [0.25, 0.3) is 0 Å². The molecule has 0 saturated carbocycles. The summed E-state index contributed by atoms with van der Waals surface area (Å²) in [5.41, 5.74) is 0.778. The van der Waals surface area contributed by atoms with Gasteiger partial charge in [-0.05, 0) is 38.7 Å². The van der Waals surface area contributed by atoms with Gasteiger partial charge < -0.3 is 9.84 Å². The third kappa shape index (κ3) is 4.88. The summed E-state index contributed by atoms with van der Waals surface area (Å²) in [6.07, 6.45) is 1.50. The van der Waals surface area contributed by atoms with E-state index in [1.165, 1.54) is 6.92 Å². The second-order valence-electron chi connectivity index (χ2n) is 4.41. The Bertz CT molecular complexity index is 488. The number of ketones is 1. The minimum absolute atomic E-state index is 0.146. The summed E-state index contributed by atoms with van der Waals surface area (Å²) < 4.78 is 4.73. The maximum absolute atomic E-state index is 11.9. The Hall–Kier alpha value is -2.10. The topological polar surface area (TPSA) is 66.4 Å². The molecule has 1 rings (SSSR count). The molecule has 0 unspecified atom stereocenters. The standard InChI is InChI=1S/C16H20O4/c1-3-20-16(19)15(12(2)17)14(18)11-7-10-13-8-5-4-6-9-13/h4-6,8-9,18H,3,7,10-11H2,1-2H3/p-1/b15-14+. The summed E-state index contributed by atoms with van der Waals surface area (Å²) in [7, 11) is 0. The highest BCUT2D eigenvalue weighted by atomic mass is 16.5. The van der Waals surface area contributed by atoms with Crippen molar-refractivity contribution in [1.29, 1.82) is 0 Å². The van der Waals surface area contributed by atoms with Gasteiger partial charge in [-0.1, -0.05) is 30.3 Å². The Labute approximate surface area is 119 Å². The molecule has 0 radical (unpaired) electrons. The van der Waals surface area contributed by atoms with Crippen LogP contribution in [0.2, 0.25) is 0 Å². The van der Waals surface area contributed by atoms with Crippen LogP contribution in [0, 0.1) is 0 Å². The number of benzene rings is 1. The number of hydrogen-bond acceptors (Lipinski definition) is 4. The number of rotatable bonds is 7. The number of esters is 1. The van der Waals surface area contributed by atoms with Crippen LogP contribution < -0.4 is 5.11 Å². The quantitative estimate of drug-likeness (QED) is 0.250. The van der Waals surface area contributed by atoms with E-state index in [2.05, 4.69) is 0 Å². The smallest absolute Gasteiger partial charge is 0.340 e. The molecule has 0 bridgehead atoms. The van der Waals surface area contributed by atoms with Gasteiger partial charge in [0.05, 0.1) is 12.2 Å². The van der Waals surface area contributed by atoms with Crippen molar-refractivity contribution in [2.45, 2.75) is 33.1 Å². The minimum Gasteiger partial charge on any atom is -0.875 e. The van der Waals surface area contributed by atoms with Crippen molar-refractivity contribution < 1.29 is 19.4 Å². The van der Waals surface area contributed by atoms with Crippen LogP contribution in [-0.2, 0) is 20.7 Å². The summed E-state index contributed by atoms with van der Waals surface area (Å²) >= 11 is 0. The molecule has 0 atom stereocenters. The first-order valence-corrected chi connectivity index (χ1v) is 6.68. The van der Waals surface area contributed by atoms with Crippen molar-refractivity contribution in [1.82, 2.24) is 0 Å². The van der Waals surface area contributed by atoms with E-state index in [4.69, 9.17) is 4.74 Å². The Morgan fingerprint density at radius 3 is 2.40 bits per heavy atom. The largest absolute Gasteiger partial charge is 0.875 e. The molecule has 108 valence electrons. The molecule has 0 amide bonds. The first kappa shape index (κ1) is 16.0. The zero-order valence-corrected chi connectivity index (χ0v) is 11.8. The fourth-order valence-corrected chi connectivity index (χ4v) is 1.88. The molecule has 0 aliphatic rings. The molecular weight excluding hydrogens is 256 g/mol. The fourth-order valence-electron chi connectivity index (χ4n) is 1.88. The van der Waals surface area contributed by atoms with Crippen LogP contribution in [0.5, 0.6) is 0 Å². The number of Topliss-reactive ketones (excluding diaryl/α,β-unsaturated/α-hetero) is 1. The summed E-state index contributed by atoms with van der Waals surface area (Å²) in [5, 5.41) is 11.9. The summed E-state index contributed by atoms with van der Waals surface area (Å²) in [4.78, 5) is 22.9. The van der Waals surface area contributed by atoms with Crippen LogP contribution in [-0.4, -0.2) is 18.4 Å². The van der Waals surface area contributed by atoms with Crippen LogP contribution in [0.4, 0.5) is 0 Å². The van der Waals surface area contributed by atoms with E-state index in [1.807, 2.05) is 30.3 Å². The van der Waals surface area contributed by atoms with Crippen LogP contribution in [0.1, 0.15) is 32.3 Å². The number of carbonyl (C=O) groups excluding carboxylic acids is 2. The second kappa shape index (κ2) is 8.15. The lowest BCUT2D eigenvalue weighted by atomic mass is 10.0. The van der Waals surface area contributed by atoms with Gasteiger partial charge in [-0.2, -0.15) is 0 Å². The highest BCUT2D eigenvalue weighted by Gasteiger charge is 2.16. The maximum Gasteiger partial charge on any atom is 0.340 e. The molecule has 0 aromatic heterocycles. The zero-order chi connectivity index (χ0) is 15.0. The molecule has 4 nitrogen and oxygen atoms in total. The Balaban J connectivity index is 2.65.